The molecule has 0 amide bonds. The van der Waals surface area contributed by atoms with Crippen LogP contribution in [0.15, 0.2) is 36.4 Å². The van der Waals surface area contributed by atoms with E-state index in [0.29, 0.717) is 19.4 Å². The Morgan fingerprint density at radius 2 is 2.12 bits per heavy atom. The van der Waals surface area contributed by atoms with Crippen LogP contribution in [0, 0.1) is 0 Å². The molecule has 1 heterocycles. The lowest BCUT2D eigenvalue weighted by atomic mass is 10.1. The van der Waals surface area contributed by atoms with Crippen LogP contribution in [0.25, 0.3) is 6.08 Å². The van der Waals surface area contributed by atoms with Crippen LogP contribution >= 0.6 is 0 Å². The van der Waals surface area contributed by atoms with Gasteiger partial charge in [-0.05, 0) is 11.6 Å². The molecule has 1 unspecified atom stereocenters. The molecule has 2 rings (SSSR count). The third-order valence-corrected chi connectivity index (χ3v) is 2.58. The van der Waals surface area contributed by atoms with E-state index in [1.54, 1.807) is 6.08 Å². The maximum absolute atomic E-state index is 11.9. The van der Waals surface area contributed by atoms with Crippen LogP contribution in [0.5, 0.6) is 0 Å². The number of carbonyl (C=O) groups is 2. The van der Waals surface area contributed by atoms with Gasteiger partial charge in [0.05, 0.1) is 6.61 Å². The smallest absolute Gasteiger partial charge is 0.239 e. The summed E-state index contributed by atoms with van der Waals surface area (Å²) in [5, 5.41) is 2.76. The second kappa shape index (κ2) is 5.03. The van der Waals surface area contributed by atoms with Crippen molar-refractivity contribution in [2.45, 2.75) is 5.72 Å². The Morgan fingerprint density at radius 3 is 2.71 bits per heavy atom. The highest BCUT2D eigenvalue weighted by Gasteiger charge is 2.40. The highest BCUT2D eigenvalue weighted by atomic mass is 16.5. The van der Waals surface area contributed by atoms with Crippen LogP contribution in [0.2, 0.25) is 0 Å². The summed E-state index contributed by atoms with van der Waals surface area (Å²) in [6, 6.07) is 9.40. The minimum atomic E-state index is -1.48. The van der Waals surface area contributed by atoms with Crippen LogP contribution in [0.3, 0.4) is 0 Å². The lowest BCUT2D eigenvalue weighted by molar-refractivity contribution is -0.143. The summed E-state index contributed by atoms with van der Waals surface area (Å²) >= 11 is 0. The number of benzene rings is 1. The average Bonchev–Trinajstić information content (AvgIpc) is 2.87. The molecule has 1 N–H and O–H groups in total. The number of ether oxygens (including phenoxy) is 1. The summed E-state index contributed by atoms with van der Waals surface area (Å²) in [5.74, 6) is -0.381. The van der Waals surface area contributed by atoms with Crippen LogP contribution in [0.1, 0.15) is 5.56 Å². The van der Waals surface area contributed by atoms with Crippen molar-refractivity contribution in [1.29, 1.82) is 0 Å². The van der Waals surface area contributed by atoms with E-state index < -0.39 is 5.72 Å². The van der Waals surface area contributed by atoms with Gasteiger partial charge < -0.3 is 4.74 Å². The molecule has 1 aromatic carbocycles. The quantitative estimate of drug-likeness (QED) is 0.473. The summed E-state index contributed by atoms with van der Waals surface area (Å²) < 4.78 is 5.16. The number of rotatable bonds is 4. The molecule has 4 nitrogen and oxygen atoms in total. The third-order valence-electron chi connectivity index (χ3n) is 2.58. The summed E-state index contributed by atoms with van der Waals surface area (Å²) in [6.07, 6.45) is 3.54. The van der Waals surface area contributed by atoms with Gasteiger partial charge in [0, 0.05) is 6.54 Å². The topological polar surface area (TPSA) is 55.4 Å². The van der Waals surface area contributed by atoms with E-state index in [1.807, 2.05) is 30.3 Å². The highest BCUT2D eigenvalue weighted by molar-refractivity contribution is 6.09. The van der Waals surface area contributed by atoms with Gasteiger partial charge in [-0.1, -0.05) is 36.4 Å². The van der Waals surface area contributed by atoms with Gasteiger partial charge >= 0.3 is 0 Å². The molecule has 1 aliphatic rings. The van der Waals surface area contributed by atoms with Crippen LogP contribution in [0.4, 0.5) is 0 Å². The van der Waals surface area contributed by atoms with Crippen molar-refractivity contribution in [3.8, 4) is 0 Å². The monoisotopic (exact) mass is 231 g/mol. The van der Waals surface area contributed by atoms with Gasteiger partial charge in [-0.3, -0.25) is 14.9 Å². The summed E-state index contributed by atoms with van der Waals surface area (Å²) in [4.78, 5) is 22.8. The Bertz CT molecular complexity index is 433. The Kier molecular flexibility index (Phi) is 3.46. The highest BCUT2D eigenvalue weighted by Crippen LogP contribution is 2.12. The van der Waals surface area contributed by atoms with Gasteiger partial charge in [0.15, 0.2) is 6.29 Å². The first kappa shape index (κ1) is 11.7. The molecule has 0 radical (unpaired) electrons. The first-order chi connectivity index (χ1) is 8.27. The molecule has 1 fully saturated rings. The predicted molar refractivity (Wildman–Crippen MR) is 63.2 cm³/mol. The van der Waals surface area contributed by atoms with Crippen molar-refractivity contribution in [2.75, 3.05) is 13.2 Å². The SMILES string of the molecule is O=CC1(C(=O)C=Cc2ccccc2)NCCO1. The molecule has 0 bridgehead atoms. The Hall–Kier alpha value is -1.78. The maximum Gasteiger partial charge on any atom is 0.239 e. The van der Waals surface area contributed by atoms with Crippen molar-refractivity contribution in [3.05, 3.63) is 42.0 Å². The van der Waals surface area contributed by atoms with Gasteiger partial charge in [0.2, 0.25) is 11.5 Å². The molecule has 88 valence electrons. The normalized spacial score (nSPS) is 24.0. The molecular formula is C13H13NO3. The predicted octanol–water partition coefficient (Wildman–Crippen LogP) is 0.784. The van der Waals surface area contributed by atoms with Gasteiger partial charge in [-0.15, -0.1) is 0 Å². The minimum absolute atomic E-state index is 0.365. The van der Waals surface area contributed by atoms with E-state index in [-0.39, 0.29) is 5.78 Å². The zero-order valence-electron chi connectivity index (χ0n) is 9.26. The molecule has 4 heteroatoms. The fraction of sp³-hybridized carbons (Fsp3) is 0.231. The van der Waals surface area contributed by atoms with Gasteiger partial charge in [-0.2, -0.15) is 0 Å². The molecule has 1 aromatic rings. The number of carbonyl (C=O) groups excluding carboxylic acids is 2. The van der Waals surface area contributed by atoms with Crippen LogP contribution in [-0.4, -0.2) is 30.9 Å². The fourth-order valence-electron chi connectivity index (χ4n) is 1.65. The number of hydrogen-bond acceptors (Lipinski definition) is 4. The maximum atomic E-state index is 11.9. The van der Waals surface area contributed by atoms with E-state index in [2.05, 4.69) is 5.32 Å². The Labute approximate surface area is 99.3 Å². The van der Waals surface area contributed by atoms with Crippen molar-refractivity contribution in [1.82, 2.24) is 5.32 Å². The Balaban J connectivity index is 2.11. The van der Waals surface area contributed by atoms with Gasteiger partial charge in [0.25, 0.3) is 0 Å². The van der Waals surface area contributed by atoms with Gasteiger partial charge in [-0.25, -0.2) is 0 Å². The van der Waals surface area contributed by atoms with Crippen molar-refractivity contribution in [3.63, 3.8) is 0 Å². The number of ketones is 1. The lowest BCUT2D eigenvalue weighted by Gasteiger charge is -2.17. The standard InChI is InChI=1S/C13H13NO3/c15-10-13(14-8-9-17-13)12(16)7-6-11-4-2-1-3-5-11/h1-7,10,14H,8-9H2. The minimum Gasteiger partial charge on any atom is -0.346 e. The molecule has 0 aliphatic carbocycles. The second-order valence-corrected chi connectivity index (χ2v) is 3.74. The first-order valence-corrected chi connectivity index (χ1v) is 5.40. The van der Waals surface area contributed by atoms with Crippen molar-refractivity contribution < 1.29 is 14.3 Å². The average molecular weight is 231 g/mol. The molecule has 1 saturated heterocycles. The third kappa shape index (κ3) is 2.49. The summed E-state index contributed by atoms with van der Waals surface area (Å²) in [5.41, 5.74) is -0.578. The summed E-state index contributed by atoms with van der Waals surface area (Å²) in [7, 11) is 0. The van der Waals surface area contributed by atoms with E-state index in [4.69, 9.17) is 4.74 Å². The Morgan fingerprint density at radius 1 is 1.35 bits per heavy atom. The zero-order chi connectivity index (χ0) is 12.1. The first-order valence-electron chi connectivity index (χ1n) is 5.40. The number of nitrogens with one attached hydrogen (secondary N) is 1. The molecule has 17 heavy (non-hydrogen) atoms. The second-order valence-electron chi connectivity index (χ2n) is 3.74. The summed E-state index contributed by atoms with van der Waals surface area (Å²) in [6.45, 7) is 0.868. The van der Waals surface area contributed by atoms with E-state index in [1.165, 1.54) is 6.08 Å². The van der Waals surface area contributed by atoms with Crippen molar-refractivity contribution in [2.24, 2.45) is 0 Å². The van der Waals surface area contributed by atoms with Crippen LogP contribution in [-0.2, 0) is 14.3 Å². The molecule has 1 aliphatic heterocycles. The molecular weight excluding hydrogens is 218 g/mol. The van der Waals surface area contributed by atoms with E-state index in [9.17, 15) is 9.59 Å². The largest absolute Gasteiger partial charge is 0.346 e. The number of aldehydes is 1. The molecule has 1 atom stereocenters. The molecule has 0 aromatic heterocycles. The van der Waals surface area contributed by atoms with Crippen molar-refractivity contribution >= 4 is 18.1 Å². The van der Waals surface area contributed by atoms with Gasteiger partial charge in [0.1, 0.15) is 0 Å². The molecule has 0 saturated carbocycles. The fourth-order valence-corrected chi connectivity index (χ4v) is 1.65. The van der Waals surface area contributed by atoms with E-state index >= 15 is 0 Å². The number of hydrogen-bond donors (Lipinski definition) is 1. The zero-order valence-corrected chi connectivity index (χ0v) is 9.26. The van der Waals surface area contributed by atoms with Crippen LogP contribution < -0.4 is 5.32 Å². The van der Waals surface area contributed by atoms with E-state index in [0.717, 1.165) is 5.56 Å². The molecule has 0 spiro atoms. The lowest BCUT2D eigenvalue weighted by Crippen LogP contribution is -2.49.